The third kappa shape index (κ3) is 4.87. The minimum absolute atomic E-state index is 0.0413. The van der Waals surface area contributed by atoms with Gasteiger partial charge in [-0.1, -0.05) is 66.2 Å². The lowest BCUT2D eigenvalue weighted by Crippen LogP contribution is -2.33. The lowest BCUT2D eigenvalue weighted by molar-refractivity contribution is -0.123. The van der Waals surface area contributed by atoms with E-state index < -0.39 is 0 Å². The predicted octanol–water partition coefficient (Wildman–Crippen LogP) is 4.93. The second-order valence-corrected chi connectivity index (χ2v) is 6.50. The van der Waals surface area contributed by atoms with Crippen molar-refractivity contribution in [3.05, 3.63) is 101 Å². The molecule has 0 aliphatic rings. The van der Waals surface area contributed by atoms with Crippen LogP contribution in [-0.2, 0) is 4.79 Å². The summed E-state index contributed by atoms with van der Waals surface area (Å²) >= 11 is 5.99. The first-order valence-electron chi connectivity index (χ1n) is 8.41. The van der Waals surface area contributed by atoms with Crippen molar-refractivity contribution in [3.8, 4) is 5.75 Å². The van der Waals surface area contributed by atoms with Crippen molar-refractivity contribution in [3.63, 3.8) is 0 Å². The molecule has 0 aliphatic heterocycles. The van der Waals surface area contributed by atoms with E-state index in [9.17, 15) is 4.79 Å². The lowest BCUT2D eigenvalue weighted by atomic mass is 9.99. The lowest BCUT2D eigenvalue weighted by Gasteiger charge is -2.20. The Bertz CT molecular complexity index is 863. The molecule has 0 aliphatic carbocycles. The van der Waals surface area contributed by atoms with Gasteiger partial charge >= 0.3 is 0 Å². The predicted molar refractivity (Wildman–Crippen MR) is 105 cm³/mol. The maximum Gasteiger partial charge on any atom is 0.258 e. The fourth-order valence-electron chi connectivity index (χ4n) is 2.72. The second kappa shape index (κ2) is 8.54. The average molecular weight is 366 g/mol. The molecule has 0 unspecified atom stereocenters. The Hall–Kier alpha value is -2.78. The summed E-state index contributed by atoms with van der Waals surface area (Å²) in [4.78, 5) is 12.5. The monoisotopic (exact) mass is 365 g/mol. The van der Waals surface area contributed by atoms with Crippen molar-refractivity contribution in [1.29, 1.82) is 0 Å². The molecular weight excluding hydrogens is 346 g/mol. The van der Waals surface area contributed by atoms with Crippen molar-refractivity contribution in [2.24, 2.45) is 0 Å². The van der Waals surface area contributed by atoms with E-state index in [1.165, 1.54) is 0 Å². The van der Waals surface area contributed by atoms with Gasteiger partial charge in [0.1, 0.15) is 5.75 Å². The summed E-state index contributed by atoms with van der Waals surface area (Å²) in [5.41, 5.74) is 3.05. The van der Waals surface area contributed by atoms with Gasteiger partial charge in [-0.25, -0.2) is 0 Å². The van der Waals surface area contributed by atoms with Gasteiger partial charge in [-0.3, -0.25) is 4.79 Å². The molecule has 0 fully saturated rings. The van der Waals surface area contributed by atoms with E-state index in [1.54, 1.807) is 0 Å². The first-order chi connectivity index (χ1) is 12.6. The molecular formula is C22H20ClNO2. The zero-order valence-electron chi connectivity index (χ0n) is 14.5. The van der Waals surface area contributed by atoms with E-state index in [-0.39, 0.29) is 18.6 Å². The zero-order chi connectivity index (χ0) is 18.4. The number of benzene rings is 3. The van der Waals surface area contributed by atoms with Crippen LogP contribution in [-0.4, -0.2) is 12.5 Å². The summed E-state index contributed by atoms with van der Waals surface area (Å²) < 4.78 is 5.61. The van der Waals surface area contributed by atoms with Crippen molar-refractivity contribution in [2.75, 3.05) is 6.61 Å². The molecule has 1 atom stereocenters. The first-order valence-corrected chi connectivity index (χ1v) is 8.79. The third-order valence-electron chi connectivity index (χ3n) is 4.00. The molecule has 0 saturated carbocycles. The smallest absolute Gasteiger partial charge is 0.258 e. The normalized spacial score (nSPS) is 11.6. The van der Waals surface area contributed by atoms with E-state index in [4.69, 9.17) is 16.3 Å². The Morgan fingerprint density at radius 2 is 1.65 bits per heavy atom. The highest BCUT2D eigenvalue weighted by atomic mass is 35.5. The third-order valence-corrected chi connectivity index (χ3v) is 4.25. The van der Waals surface area contributed by atoms with Gasteiger partial charge in [-0.05, 0) is 47.9 Å². The molecule has 3 rings (SSSR count). The Morgan fingerprint density at radius 1 is 0.962 bits per heavy atom. The number of aryl methyl sites for hydroxylation is 1. The standard InChI is InChI=1S/C22H20ClNO2/c1-16-6-5-9-20(14-16)26-15-21(25)24-22(17-7-3-2-4-8-17)18-10-12-19(23)13-11-18/h2-14,22H,15H2,1H3,(H,24,25)/t22-/m1/s1. The van der Waals surface area contributed by atoms with Crippen molar-refractivity contribution < 1.29 is 9.53 Å². The van der Waals surface area contributed by atoms with E-state index in [0.717, 1.165) is 16.7 Å². The number of rotatable bonds is 6. The minimum Gasteiger partial charge on any atom is -0.484 e. The van der Waals surface area contributed by atoms with Gasteiger partial charge in [0.25, 0.3) is 5.91 Å². The van der Waals surface area contributed by atoms with Gasteiger partial charge < -0.3 is 10.1 Å². The number of ether oxygens (including phenoxy) is 1. The molecule has 132 valence electrons. The molecule has 0 aromatic heterocycles. The molecule has 0 heterocycles. The summed E-state index contributed by atoms with van der Waals surface area (Å²) in [5, 5.41) is 3.71. The number of hydrogen-bond acceptors (Lipinski definition) is 2. The molecule has 4 heteroatoms. The first kappa shape index (κ1) is 18.0. The van der Waals surface area contributed by atoms with Crippen LogP contribution in [0.4, 0.5) is 0 Å². The molecule has 3 nitrogen and oxygen atoms in total. The van der Waals surface area contributed by atoms with Crippen LogP contribution in [0.1, 0.15) is 22.7 Å². The summed E-state index contributed by atoms with van der Waals surface area (Å²) in [5.74, 6) is 0.498. The maximum absolute atomic E-state index is 12.5. The Labute approximate surface area is 158 Å². The number of carbonyl (C=O) groups excluding carboxylic acids is 1. The van der Waals surface area contributed by atoms with Gasteiger partial charge in [-0.2, -0.15) is 0 Å². The minimum atomic E-state index is -0.262. The number of hydrogen-bond donors (Lipinski definition) is 1. The van der Waals surface area contributed by atoms with Crippen LogP contribution >= 0.6 is 11.6 Å². The van der Waals surface area contributed by atoms with Gasteiger partial charge in [0.05, 0.1) is 6.04 Å². The fraction of sp³-hybridized carbons (Fsp3) is 0.136. The van der Waals surface area contributed by atoms with Crippen molar-refractivity contribution in [2.45, 2.75) is 13.0 Å². The van der Waals surface area contributed by atoms with Gasteiger partial charge in [0.2, 0.25) is 0 Å². The summed E-state index contributed by atoms with van der Waals surface area (Å²) in [7, 11) is 0. The second-order valence-electron chi connectivity index (χ2n) is 6.07. The molecule has 0 bridgehead atoms. The Morgan fingerprint density at radius 3 is 2.35 bits per heavy atom. The SMILES string of the molecule is Cc1cccc(OCC(=O)N[C@H](c2ccccc2)c2ccc(Cl)cc2)c1. The number of nitrogens with one attached hydrogen (secondary N) is 1. The van der Waals surface area contributed by atoms with Crippen molar-refractivity contribution in [1.82, 2.24) is 5.32 Å². The number of amides is 1. The van der Waals surface area contributed by atoms with Crippen LogP contribution in [0.3, 0.4) is 0 Å². The molecule has 3 aromatic carbocycles. The Kier molecular flexibility index (Phi) is 5.92. The molecule has 0 saturated heterocycles. The van der Waals surface area contributed by atoms with Crippen molar-refractivity contribution >= 4 is 17.5 Å². The zero-order valence-corrected chi connectivity index (χ0v) is 15.2. The van der Waals surface area contributed by atoms with Crippen LogP contribution in [0.5, 0.6) is 5.75 Å². The Balaban J connectivity index is 1.73. The highest BCUT2D eigenvalue weighted by Crippen LogP contribution is 2.23. The van der Waals surface area contributed by atoms with Crippen LogP contribution in [0.15, 0.2) is 78.9 Å². The highest BCUT2D eigenvalue weighted by Gasteiger charge is 2.17. The molecule has 3 aromatic rings. The fourth-order valence-corrected chi connectivity index (χ4v) is 2.84. The summed E-state index contributed by atoms with van der Waals surface area (Å²) in [6, 6.07) is 24.7. The molecule has 26 heavy (non-hydrogen) atoms. The van der Waals surface area contributed by atoms with E-state index in [1.807, 2.05) is 85.8 Å². The van der Waals surface area contributed by atoms with Crippen LogP contribution in [0, 0.1) is 6.92 Å². The molecule has 0 radical (unpaired) electrons. The van der Waals surface area contributed by atoms with Crippen LogP contribution in [0.25, 0.3) is 0 Å². The maximum atomic E-state index is 12.5. The molecule has 1 amide bonds. The topological polar surface area (TPSA) is 38.3 Å². The van der Waals surface area contributed by atoms with Gasteiger partial charge in [0.15, 0.2) is 6.61 Å². The van der Waals surface area contributed by atoms with Gasteiger partial charge in [-0.15, -0.1) is 0 Å². The largest absolute Gasteiger partial charge is 0.484 e. The summed E-state index contributed by atoms with van der Waals surface area (Å²) in [6.07, 6.45) is 0. The average Bonchev–Trinajstić information content (AvgIpc) is 2.66. The molecule has 0 spiro atoms. The number of carbonyl (C=O) groups is 1. The van der Waals surface area contributed by atoms with E-state index >= 15 is 0 Å². The van der Waals surface area contributed by atoms with Crippen LogP contribution < -0.4 is 10.1 Å². The molecule has 1 N–H and O–H groups in total. The highest BCUT2D eigenvalue weighted by molar-refractivity contribution is 6.30. The van der Waals surface area contributed by atoms with E-state index in [0.29, 0.717) is 10.8 Å². The van der Waals surface area contributed by atoms with Gasteiger partial charge in [0, 0.05) is 5.02 Å². The van der Waals surface area contributed by atoms with E-state index in [2.05, 4.69) is 5.32 Å². The quantitative estimate of drug-likeness (QED) is 0.672. The van der Waals surface area contributed by atoms with Crippen LogP contribution in [0.2, 0.25) is 5.02 Å². The number of halogens is 1. The summed E-state index contributed by atoms with van der Waals surface area (Å²) in [6.45, 7) is 1.94.